The van der Waals surface area contributed by atoms with Gasteiger partial charge in [0.05, 0.1) is 5.69 Å². The van der Waals surface area contributed by atoms with Gasteiger partial charge >= 0.3 is 0 Å². The van der Waals surface area contributed by atoms with Crippen molar-refractivity contribution in [2.75, 3.05) is 0 Å². The first-order valence-electron chi connectivity index (χ1n) is 7.21. The summed E-state index contributed by atoms with van der Waals surface area (Å²) in [6, 6.07) is 23.6. The Hall–Kier alpha value is -2.67. The first-order valence-corrected chi connectivity index (χ1v) is 7.21. The highest BCUT2D eigenvalue weighted by Crippen LogP contribution is 2.39. The van der Waals surface area contributed by atoms with Crippen molar-refractivity contribution in [2.24, 2.45) is 4.99 Å². The van der Waals surface area contributed by atoms with Crippen LogP contribution in [0.1, 0.15) is 6.92 Å². The quantitative estimate of drug-likeness (QED) is 0.303. The second-order valence-electron chi connectivity index (χ2n) is 5.18. The van der Waals surface area contributed by atoms with Gasteiger partial charge in [-0.2, -0.15) is 0 Å². The average Bonchev–Trinajstić information content (AvgIpc) is 2.55. The molecule has 0 N–H and O–H groups in total. The minimum atomic E-state index is 1.04. The summed E-state index contributed by atoms with van der Waals surface area (Å²) in [5.74, 6) is 0. The lowest BCUT2D eigenvalue weighted by Crippen LogP contribution is -1.83. The lowest BCUT2D eigenvalue weighted by Gasteiger charge is -2.11. The van der Waals surface area contributed by atoms with E-state index in [2.05, 4.69) is 71.7 Å². The molecule has 0 aromatic heterocycles. The fourth-order valence-electron chi connectivity index (χ4n) is 3.18. The van der Waals surface area contributed by atoms with Crippen molar-refractivity contribution in [3.05, 3.63) is 66.7 Å². The zero-order chi connectivity index (χ0) is 14.2. The summed E-state index contributed by atoms with van der Waals surface area (Å²) in [6.45, 7) is 1.96. The van der Waals surface area contributed by atoms with Gasteiger partial charge in [-0.05, 0) is 39.9 Å². The topological polar surface area (TPSA) is 12.4 Å². The summed E-state index contributed by atoms with van der Waals surface area (Å²) in [5, 5.41) is 7.67. The Kier molecular flexibility index (Phi) is 2.71. The van der Waals surface area contributed by atoms with Crippen LogP contribution in [0.5, 0.6) is 0 Å². The van der Waals surface area contributed by atoms with Crippen molar-refractivity contribution in [2.45, 2.75) is 6.92 Å². The Labute approximate surface area is 123 Å². The maximum Gasteiger partial charge on any atom is 0.0710 e. The van der Waals surface area contributed by atoms with Crippen LogP contribution in [0, 0.1) is 0 Å². The van der Waals surface area contributed by atoms with Gasteiger partial charge < -0.3 is 0 Å². The van der Waals surface area contributed by atoms with Gasteiger partial charge in [-0.15, -0.1) is 0 Å². The molecule has 0 bridgehead atoms. The molecule has 21 heavy (non-hydrogen) atoms. The Morgan fingerprint density at radius 3 is 1.67 bits per heavy atom. The van der Waals surface area contributed by atoms with E-state index in [0.717, 1.165) is 5.69 Å². The number of hydrogen-bond acceptors (Lipinski definition) is 1. The summed E-state index contributed by atoms with van der Waals surface area (Å²) in [4.78, 5) is 4.57. The molecule has 1 heteroatoms. The lowest BCUT2D eigenvalue weighted by molar-refractivity contribution is 1.58. The van der Waals surface area contributed by atoms with Crippen molar-refractivity contribution < 1.29 is 0 Å². The first kappa shape index (κ1) is 12.1. The van der Waals surface area contributed by atoms with E-state index in [1.165, 1.54) is 32.3 Å². The molecule has 0 saturated heterocycles. The van der Waals surface area contributed by atoms with E-state index in [1.54, 1.807) is 0 Å². The van der Waals surface area contributed by atoms with Gasteiger partial charge in [-0.25, -0.2) is 0 Å². The Balaban J connectivity index is 2.39. The van der Waals surface area contributed by atoms with E-state index in [1.807, 2.05) is 13.1 Å². The fourth-order valence-corrected chi connectivity index (χ4v) is 3.18. The highest BCUT2D eigenvalue weighted by atomic mass is 14.7. The molecule has 0 aliphatic heterocycles. The molecule has 4 rings (SSSR count). The van der Waals surface area contributed by atoms with E-state index < -0.39 is 0 Å². The van der Waals surface area contributed by atoms with Gasteiger partial charge in [0.2, 0.25) is 0 Å². The molecular weight excluding hydrogens is 254 g/mol. The van der Waals surface area contributed by atoms with E-state index in [4.69, 9.17) is 0 Å². The number of rotatable bonds is 1. The number of fused-ring (bicyclic) bond motifs is 6. The van der Waals surface area contributed by atoms with Gasteiger partial charge in [-0.3, -0.25) is 4.99 Å². The van der Waals surface area contributed by atoms with Crippen LogP contribution in [-0.4, -0.2) is 6.21 Å². The van der Waals surface area contributed by atoms with Crippen molar-refractivity contribution in [3.8, 4) is 0 Å². The molecule has 0 heterocycles. The van der Waals surface area contributed by atoms with Crippen molar-refractivity contribution in [3.63, 3.8) is 0 Å². The van der Waals surface area contributed by atoms with Gasteiger partial charge in [0.1, 0.15) is 0 Å². The number of hydrogen-bond donors (Lipinski definition) is 0. The maximum absolute atomic E-state index is 4.57. The highest BCUT2D eigenvalue weighted by Gasteiger charge is 2.10. The summed E-state index contributed by atoms with van der Waals surface area (Å²) in [5.41, 5.74) is 1.04. The third kappa shape index (κ3) is 1.74. The van der Waals surface area contributed by atoms with Crippen LogP contribution in [0.4, 0.5) is 5.69 Å². The molecule has 0 fully saturated rings. The summed E-state index contributed by atoms with van der Waals surface area (Å²) in [6.07, 6.45) is 1.86. The monoisotopic (exact) mass is 269 g/mol. The smallest absolute Gasteiger partial charge is 0.0710 e. The molecule has 100 valence electrons. The molecule has 0 unspecified atom stereocenters. The fraction of sp³-hybridized carbons (Fsp3) is 0.0500. The van der Waals surface area contributed by atoms with Crippen LogP contribution < -0.4 is 0 Å². The summed E-state index contributed by atoms with van der Waals surface area (Å²) >= 11 is 0. The van der Waals surface area contributed by atoms with Gasteiger partial charge in [-0.1, -0.05) is 60.7 Å². The predicted molar refractivity (Wildman–Crippen MR) is 92.8 cm³/mol. The molecular formula is C20H15N. The molecule has 0 aliphatic carbocycles. The van der Waals surface area contributed by atoms with Crippen LogP contribution in [0.3, 0.4) is 0 Å². The zero-order valence-corrected chi connectivity index (χ0v) is 11.9. The molecule has 0 radical (unpaired) electrons. The van der Waals surface area contributed by atoms with Crippen LogP contribution in [-0.2, 0) is 0 Å². The van der Waals surface area contributed by atoms with E-state index in [-0.39, 0.29) is 0 Å². The van der Waals surface area contributed by atoms with Gasteiger partial charge in [0, 0.05) is 11.6 Å². The zero-order valence-electron chi connectivity index (χ0n) is 11.9. The predicted octanol–water partition coefficient (Wildman–Crippen LogP) is 5.87. The maximum atomic E-state index is 4.57. The minimum absolute atomic E-state index is 1.04. The Bertz CT molecular complexity index is 951. The molecule has 0 amide bonds. The number of benzene rings is 4. The number of nitrogens with zero attached hydrogens (tertiary/aromatic N) is 1. The van der Waals surface area contributed by atoms with Gasteiger partial charge in [0.15, 0.2) is 0 Å². The molecule has 4 aromatic rings. The largest absolute Gasteiger partial charge is 0.261 e. The molecule has 0 spiro atoms. The second kappa shape index (κ2) is 4.71. The number of aliphatic imine (C=N–C) groups is 1. The Morgan fingerprint density at radius 1 is 0.619 bits per heavy atom. The third-order valence-electron chi connectivity index (χ3n) is 4.01. The SMILES string of the molecule is C/C=N/c1cccc2c3ccccc3c3ccccc3c12. The molecule has 0 saturated carbocycles. The van der Waals surface area contributed by atoms with Crippen LogP contribution >= 0.6 is 0 Å². The van der Waals surface area contributed by atoms with Crippen LogP contribution in [0.15, 0.2) is 71.7 Å². The van der Waals surface area contributed by atoms with Crippen molar-refractivity contribution in [1.82, 2.24) is 0 Å². The van der Waals surface area contributed by atoms with Gasteiger partial charge in [0.25, 0.3) is 0 Å². The molecule has 1 nitrogen and oxygen atoms in total. The van der Waals surface area contributed by atoms with Crippen molar-refractivity contribution in [1.29, 1.82) is 0 Å². The third-order valence-corrected chi connectivity index (χ3v) is 4.01. The second-order valence-corrected chi connectivity index (χ2v) is 5.18. The van der Waals surface area contributed by atoms with Crippen LogP contribution in [0.2, 0.25) is 0 Å². The standard InChI is InChI=1S/C20H15N/c1-2-21-19-13-7-12-18-16-9-4-3-8-14(16)15-10-5-6-11-17(15)20(18)19/h2-13H,1H3/b21-2+. The van der Waals surface area contributed by atoms with E-state index in [0.29, 0.717) is 0 Å². The minimum Gasteiger partial charge on any atom is -0.261 e. The normalized spacial score (nSPS) is 11.9. The van der Waals surface area contributed by atoms with Crippen LogP contribution in [0.25, 0.3) is 32.3 Å². The lowest BCUT2D eigenvalue weighted by atomic mass is 9.93. The highest BCUT2D eigenvalue weighted by molar-refractivity contribution is 6.27. The molecule has 0 atom stereocenters. The average molecular weight is 269 g/mol. The van der Waals surface area contributed by atoms with Crippen molar-refractivity contribution >= 4 is 44.2 Å². The summed E-state index contributed by atoms with van der Waals surface area (Å²) < 4.78 is 0. The van der Waals surface area contributed by atoms with E-state index in [9.17, 15) is 0 Å². The summed E-state index contributed by atoms with van der Waals surface area (Å²) in [7, 11) is 0. The van der Waals surface area contributed by atoms with E-state index >= 15 is 0 Å². The molecule has 0 aliphatic rings. The molecule has 4 aromatic carbocycles. The Morgan fingerprint density at radius 2 is 1.10 bits per heavy atom. The first-order chi connectivity index (χ1) is 10.4.